The number of esters is 1. The van der Waals surface area contributed by atoms with Crippen LogP contribution in [-0.4, -0.2) is 57.4 Å². The van der Waals surface area contributed by atoms with Gasteiger partial charge in [-0.1, -0.05) is 35.0 Å². The fourth-order valence-electron chi connectivity index (χ4n) is 3.08. The molecule has 1 aliphatic rings. The van der Waals surface area contributed by atoms with Gasteiger partial charge in [0.1, 0.15) is 5.75 Å². The van der Waals surface area contributed by atoms with E-state index < -0.39 is 28.0 Å². The summed E-state index contributed by atoms with van der Waals surface area (Å²) in [7, 11) is -2.63. The van der Waals surface area contributed by atoms with E-state index in [-0.39, 0.29) is 24.5 Å². The molecule has 0 spiro atoms. The molecule has 0 aromatic heterocycles. The van der Waals surface area contributed by atoms with Gasteiger partial charge in [-0.2, -0.15) is 4.31 Å². The van der Waals surface area contributed by atoms with E-state index >= 15 is 0 Å². The summed E-state index contributed by atoms with van der Waals surface area (Å²) >= 11 is 3.28. The van der Waals surface area contributed by atoms with Crippen LogP contribution in [0.5, 0.6) is 5.75 Å². The standard InChI is InChI=1S/C20H21BrN2O6S/c1-3-22(30(26,27)15-10-8-14(21)9-11-15)13-19(24)23-12-18(20(25)28-2)29-17-7-5-4-6-16(17)23/h4-11,18H,3,12-13H2,1-2H3/t18-/m0/s1. The van der Waals surface area contributed by atoms with E-state index in [4.69, 9.17) is 9.47 Å². The fraction of sp³-hybridized carbons (Fsp3) is 0.300. The highest BCUT2D eigenvalue weighted by Crippen LogP contribution is 2.33. The molecule has 0 saturated heterocycles. The number of amides is 1. The summed E-state index contributed by atoms with van der Waals surface area (Å²) in [6.45, 7) is 1.32. The molecule has 160 valence electrons. The van der Waals surface area contributed by atoms with Crippen molar-refractivity contribution in [2.45, 2.75) is 17.9 Å². The second-order valence-corrected chi connectivity index (χ2v) is 9.34. The van der Waals surface area contributed by atoms with Crippen LogP contribution in [0.4, 0.5) is 5.69 Å². The molecule has 0 unspecified atom stereocenters. The molecule has 3 rings (SSSR count). The van der Waals surface area contributed by atoms with E-state index in [1.54, 1.807) is 43.3 Å². The number of rotatable bonds is 6. The van der Waals surface area contributed by atoms with E-state index in [0.717, 1.165) is 8.78 Å². The highest BCUT2D eigenvalue weighted by molar-refractivity contribution is 9.10. The van der Waals surface area contributed by atoms with Crippen molar-refractivity contribution in [1.82, 2.24) is 4.31 Å². The molecule has 0 aliphatic carbocycles. The first-order chi connectivity index (χ1) is 14.3. The van der Waals surface area contributed by atoms with Crippen molar-refractivity contribution in [1.29, 1.82) is 0 Å². The topological polar surface area (TPSA) is 93.2 Å². The molecular weight excluding hydrogens is 476 g/mol. The molecule has 1 amide bonds. The van der Waals surface area contributed by atoms with Crippen molar-refractivity contribution < 1.29 is 27.5 Å². The monoisotopic (exact) mass is 496 g/mol. The summed E-state index contributed by atoms with van der Waals surface area (Å²) in [4.78, 5) is 26.6. The number of benzene rings is 2. The third-order valence-corrected chi connectivity index (χ3v) is 7.12. The maximum atomic E-state index is 13.1. The van der Waals surface area contributed by atoms with Gasteiger partial charge in [0, 0.05) is 11.0 Å². The number of fused-ring (bicyclic) bond motifs is 1. The van der Waals surface area contributed by atoms with Crippen molar-refractivity contribution in [2.24, 2.45) is 0 Å². The van der Waals surface area contributed by atoms with Crippen LogP contribution >= 0.6 is 15.9 Å². The van der Waals surface area contributed by atoms with Crippen molar-refractivity contribution in [3.8, 4) is 5.75 Å². The Hall–Kier alpha value is -2.43. The predicted octanol–water partition coefficient (Wildman–Crippen LogP) is 2.43. The minimum atomic E-state index is -3.87. The highest BCUT2D eigenvalue weighted by atomic mass is 79.9. The van der Waals surface area contributed by atoms with Crippen LogP contribution in [0.3, 0.4) is 0 Å². The lowest BCUT2D eigenvalue weighted by atomic mass is 10.2. The van der Waals surface area contributed by atoms with E-state index in [1.807, 2.05) is 0 Å². The van der Waals surface area contributed by atoms with Gasteiger partial charge in [-0.25, -0.2) is 13.2 Å². The zero-order valence-corrected chi connectivity index (χ0v) is 18.9. The number of carbonyl (C=O) groups excluding carboxylic acids is 2. The van der Waals surface area contributed by atoms with E-state index in [1.165, 1.54) is 24.1 Å². The lowest BCUT2D eigenvalue weighted by Gasteiger charge is -2.34. The first kappa shape index (κ1) is 22.3. The Balaban J connectivity index is 1.87. The van der Waals surface area contributed by atoms with E-state index in [0.29, 0.717) is 11.4 Å². The SMILES string of the molecule is CCN(CC(=O)N1C[C@@H](C(=O)OC)Oc2ccccc21)S(=O)(=O)c1ccc(Br)cc1. The summed E-state index contributed by atoms with van der Waals surface area (Å²) in [5.41, 5.74) is 0.472. The summed E-state index contributed by atoms with van der Waals surface area (Å²) < 4.78 is 38.2. The minimum absolute atomic E-state index is 0.0710. The molecule has 0 bridgehead atoms. The minimum Gasteiger partial charge on any atom is -0.475 e. The van der Waals surface area contributed by atoms with Crippen LogP contribution in [0.1, 0.15) is 6.92 Å². The van der Waals surface area contributed by atoms with Gasteiger partial charge in [-0.05, 0) is 36.4 Å². The first-order valence-corrected chi connectivity index (χ1v) is 11.4. The number of anilines is 1. The molecule has 2 aromatic rings. The number of hydrogen-bond donors (Lipinski definition) is 0. The van der Waals surface area contributed by atoms with Gasteiger partial charge in [-0.15, -0.1) is 0 Å². The molecule has 1 atom stereocenters. The lowest BCUT2D eigenvalue weighted by Crippen LogP contribution is -2.50. The fourth-order valence-corrected chi connectivity index (χ4v) is 4.75. The number of hydrogen-bond acceptors (Lipinski definition) is 6. The van der Waals surface area contributed by atoms with Gasteiger partial charge in [0.05, 0.1) is 30.8 Å². The number of carbonyl (C=O) groups is 2. The number of ether oxygens (including phenoxy) is 2. The van der Waals surface area contributed by atoms with Gasteiger partial charge in [0.25, 0.3) is 0 Å². The Morgan fingerprint density at radius 1 is 1.20 bits per heavy atom. The number of likely N-dealkylation sites (N-methyl/N-ethyl adjacent to an activating group) is 1. The van der Waals surface area contributed by atoms with Gasteiger partial charge in [0.15, 0.2) is 0 Å². The quantitative estimate of drug-likeness (QED) is 0.570. The number of para-hydroxylation sites is 2. The highest BCUT2D eigenvalue weighted by Gasteiger charge is 2.36. The summed E-state index contributed by atoms with van der Waals surface area (Å²) in [6.07, 6.45) is -0.994. The molecule has 10 heteroatoms. The number of halogens is 1. The molecule has 0 radical (unpaired) electrons. The first-order valence-electron chi connectivity index (χ1n) is 9.17. The van der Waals surface area contributed by atoms with Gasteiger partial charge >= 0.3 is 5.97 Å². The van der Waals surface area contributed by atoms with Crippen LogP contribution in [0, 0.1) is 0 Å². The molecule has 2 aromatic carbocycles. The summed E-state index contributed by atoms with van der Waals surface area (Å²) in [5, 5.41) is 0. The third kappa shape index (κ3) is 4.50. The Labute approximate surface area is 183 Å². The number of methoxy groups -OCH3 is 1. The normalized spacial score (nSPS) is 16.0. The molecule has 1 aliphatic heterocycles. The van der Waals surface area contributed by atoms with Gasteiger partial charge in [0.2, 0.25) is 22.0 Å². The van der Waals surface area contributed by atoms with Crippen molar-refractivity contribution >= 4 is 43.5 Å². The van der Waals surface area contributed by atoms with Crippen LogP contribution in [0.15, 0.2) is 57.9 Å². The molecular formula is C20H21BrN2O6S. The second-order valence-electron chi connectivity index (χ2n) is 6.49. The molecule has 30 heavy (non-hydrogen) atoms. The second kappa shape index (κ2) is 9.15. The average molecular weight is 497 g/mol. The van der Waals surface area contributed by atoms with Crippen molar-refractivity contribution in [3.05, 3.63) is 53.0 Å². The van der Waals surface area contributed by atoms with Gasteiger partial charge < -0.3 is 14.4 Å². The maximum Gasteiger partial charge on any atom is 0.348 e. The summed E-state index contributed by atoms with van der Waals surface area (Å²) in [6, 6.07) is 13.0. The zero-order valence-electron chi connectivity index (χ0n) is 16.4. The van der Waals surface area contributed by atoms with Crippen LogP contribution in [-0.2, 0) is 24.3 Å². The van der Waals surface area contributed by atoms with E-state index in [9.17, 15) is 18.0 Å². The molecule has 0 fully saturated rings. The molecule has 1 heterocycles. The van der Waals surface area contributed by atoms with Crippen LogP contribution < -0.4 is 9.64 Å². The maximum absolute atomic E-state index is 13.1. The summed E-state index contributed by atoms with van der Waals surface area (Å²) in [5.74, 6) is -0.731. The van der Waals surface area contributed by atoms with Gasteiger partial charge in [-0.3, -0.25) is 4.79 Å². The number of nitrogens with zero attached hydrogens (tertiary/aromatic N) is 2. The smallest absolute Gasteiger partial charge is 0.348 e. The third-order valence-electron chi connectivity index (χ3n) is 4.65. The predicted molar refractivity (Wildman–Crippen MR) is 114 cm³/mol. The number of sulfonamides is 1. The van der Waals surface area contributed by atoms with Crippen molar-refractivity contribution in [3.63, 3.8) is 0 Å². The molecule has 0 saturated carbocycles. The molecule has 8 nitrogen and oxygen atoms in total. The largest absolute Gasteiger partial charge is 0.475 e. The average Bonchev–Trinajstić information content (AvgIpc) is 2.76. The van der Waals surface area contributed by atoms with Crippen LogP contribution in [0.25, 0.3) is 0 Å². The lowest BCUT2D eigenvalue weighted by molar-refractivity contribution is -0.148. The Morgan fingerprint density at radius 3 is 2.50 bits per heavy atom. The Morgan fingerprint density at radius 2 is 1.87 bits per heavy atom. The van der Waals surface area contributed by atoms with E-state index in [2.05, 4.69) is 15.9 Å². The van der Waals surface area contributed by atoms with Crippen molar-refractivity contribution in [2.75, 3.05) is 31.6 Å². The Bertz CT molecular complexity index is 1040. The Kier molecular flexibility index (Phi) is 6.79. The molecule has 0 N–H and O–H groups in total. The zero-order chi connectivity index (χ0) is 21.9. The van der Waals surface area contributed by atoms with Crippen LogP contribution in [0.2, 0.25) is 0 Å².